The van der Waals surface area contributed by atoms with E-state index < -0.39 is 12.2 Å². The van der Waals surface area contributed by atoms with E-state index in [1.54, 1.807) is 6.92 Å². The highest BCUT2D eigenvalue weighted by molar-refractivity contribution is 5.14. The zero-order valence-electron chi connectivity index (χ0n) is 13.3. The molecule has 1 saturated heterocycles. The predicted octanol–water partition coefficient (Wildman–Crippen LogP) is 1.48. The van der Waals surface area contributed by atoms with Crippen LogP contribution >= 0.6 is 0 Å². The summed E-state index contributed by atoms with van der Waals surface area (Å²) < 4.78 is 5.24. The third kappa shape index (κ3) is 4.16. The van der Waals surface area contributed by atoms with Gasteiger partial charge in [-0.2, -0.15) is 4.98 Å². The van der Waals surface area contributed by atoms with Crippen LogP contribution in [0.25, 0.3) is 0 Å². The summed E-state index contributed by atoms with van der Waals surface area (Å²) in [5.74, 6) is 1.11. The maximum absolute atomic E-state index is 10.3. The number of likely N-dealkylation sites (tertiary alicyclic amines) is 1. The van der Waals surface area contributed by atoms with Crippen LogP contribution in [0, 0.1) is 6.92 Å². The van der Waals surface area contributed by atoms with E-state index in [0.29, 0.717) is 37.6 Å². The Kier molecular flexibility index (Phi) is 5.05. The van der Waals surface area contributed by atoms with Crippen molar-refractivity contribution in [2.24, 2.45) is 0 Å². The molecule has 3 rings (SSSR count). The molecule has 124 valence electrons. The molecule has 2 aromatic rings. The van der Waals surface area contributed by atoms with Crippen LogP contribution in [-0.4, -0.2) is 50.6 Å². The maximum Gasteiger partial charge on any atom is 0.244 e. The second-order valence-corrected chi connectivity index (χ2v) is 6.22. The van der Waals surface area contributed by atoms with Crippen molar-refractivity contribution in [2.45, 2.75) is 44.4 Å². The summed E-state index contributed by atoms with van der Waals surface area (Å²) in [4.78, 5) is 6.30. The Morgan fingerprint density at radius 1 is 1.35 bits per heavy atom. The first-order valence-electron chi connectivity index (χ1n) is 8.06. The van der Waals surface area contributed by atoms with Gasteiger partial charge in [0, 0.05) is 13.1 Å². The van der Waals surface area contributed by atoms with Gasteiger partial charge in [-0.25, -0.2) is 0 Å². The highest BCUT2D eigenvalue weighted by atomic mass is 16.5. The molecule has 23 heavy (non-hydrogen) atoms. The van der Waals surface area contributed by atoms with E-state index in [-0.39, 0.29) is 6.04 Å². The standard InChI is InChI=1S/C17H23N3O3/c1-12-18-17(23-19-12)16-9-15(22)11-20(16)10-14(21)8-7-13-5-3-2-4-6-13/h2-6,14-16,21-22H,7-11H2,1H3/t14?,15-,16-/m1/s1. The summed E-state index contributed by atoms with van der Waals surface area (Å²) in [5.41, 5.74) is 1.22. The number of aliphatic hydroxyl groups is 2. The van der Waals surface area contributed by atoms with Crippen LogP contribution in [0.15, 0.2) is 34.9 Å². The second kappa shape index (κ2) is 7.21. The Morgan fingerprint density at radius 3 is 2.83 bits per heavy atom. The third-order valence-electron chi connectivity index (χ3n) is 4.26. The summed E-state index contributed by atoms with van der Waals surface area (Å²) in [7, 11) is 0. The molecule has 1 aliphatic heterocycles. The highest BCUT2D eigenvalue weighted by Crippen LogP contribution is 2.31. The number of aliphatic hydroxyl groups excluding tert-OH is 2. The van der Waals surface area contributed by atoms with E-state index in [2.05, 4.69) is 22.3 Å². The first kappa shape index (κ1) is 16.1. The van der Waals surface area contributed by atoms with Gasteiger partial charge in [0.15, 0.2) is 5.82 Å². The Hall–Kier alpha value is -1.76. The van der Waals surface area contributed by atoms with Gasteiger partial charge in [0.1, 0.15) is 0 Å². The van der Waals surface area contributed by atoms with Crippen LogP contribution in [0.2, 0.25) is 0 Å². The molecule has 0 bridgehead atoms. The van der Waals surface area contributed by atoms with E-state index in [9.17, 15) is 10.2 Å². The van der Waals surface area contributed by atoms with Gasteiger partial charge >= 0.3 is 0 Å². The molecule has 0 saturated carbocycles. The van der Waals surface area contributed by atoms with Crippen LogP contribution in [0.3, 0.4) is 0 Å². The number of hydrogen-bond acceptors (Lipinski definition) is 6. The number of rotatable bonds is 6. The average molecular weight is 317 g/mol. The Labute approximate surface area is 135 Å². The van der Waals surface area contributed by atoms with Gasteiger partial charge in [-0.15, -0.1) is 0 Å². The smallest absolute Gasteiger partial charge is 0.244 e. The van der Waals surface area contributed by atoms with Crippen LogP contribution in [0.5, 0.6) is 0 Å². The fourth-order valence-corrected chi connectivity index (χ4v) is 3.13. The van der Waals surface area contributed by atoms with E-state index >= 15 is 0 Å². The lowest BCUT2D eigenvalue weighted by Gasteiger charge is -2.24. The molecule has 6 nitrogen and oxygen atoms in total. The third-order valence-corrected chi connectivity index (χ3v) is 4.26. The summed E-state index contributed by atoms with van der Waals surface area (Å²) in [6.07, 6.45) is 1.21. The monoisotopic (exact) mass is 317 g/mol. The van der Waals surface area contributed by atoms with Crippen molar-refractivity contribution in [3.8, 4) is 0 Å². The molecule has 0 aliphatic carbocycles. The molecule has 1 aliphatic rings. The largest absolute Gasteiger partial charge is 0.392 e. The minimum atomic E-state index is -0.452. The van der Waals surface area contributed by atoms with Gasteiger partial charge in [0.05, 0.1) is 18.2 Å². The molecule has 6 heteroatoms. The Morgan fingerprint density at radius 2 is 2.13 bits per heavy atom. The molecule has 1 aromatic carbocycles. The van der Waals surface area contributed by atoms with Gasteiger partial charge < -0.3 is 14.7 Å². The lowest BCUT2D eigenvalue weighted by Crippen LogP contribution is -2.33. The molecular formula is C17H23N3O3. The topological polar surface area (TPSA) is 82.6 Å². The Bertz CT molecular complexity index is 617. The molecule has 0 amide bonds. The fraction of sp³-hybridized carbons (Fsp3) is 0.529. The lowest BCUT2D eigenvalue weighted by molar-refractivity contribution is 0.0859. The van der Waals surface area contributed by atoms with Gasteiger partial charge in [-0.05, 0) is 31.7 Å². The van der Waals surface area contributed by atoms with Crippen molar-refractivity contribution in [1.82, 2.24) is 15.0 Å². The normalized spacial score (nSPS) is 23.3. The zero-order chi connectivity index (χ0) is 16.2. The highest BCUT2D eigenvalue weighted by Gasteiger charge is 2.36. The predicted molar refractivity (Wildman–Crippen MR) is 84.7 cm³/mol. The van der Waals surface area contributed by atoms with Crippen molar-refractivity contribution in [3.05, 3.63) is 47.6 Å². The minimum absolute atomic E-state index is 0.113. The molecular weight excluding hydrogens is 294 g/mol. The average Bonchev–Trinajstić information content (AvgIpc) is 3.12. The fourth-order valence-electron chi connectivity index (χ4n) is 3.13. The van der Waals surface area contributed by atoms with E-state index in [1.807, 2.05) is 23.1 Å². The van der Waals surface area contributed by atoms with Gasteiger partial charge in [-0.3, -0.25) is 4.90 Å². The quantitative estimate of drug-likeness (QED) is 0.840. The molecule has 2 heterocycles. The minimum Gasteiger partial charge on any atom is -0.392 e. The van der Waals surface area contributed by atoms with Gasteiger partial charge in [0.2, 0.25) is 5.89 Å². The van der Waals surface area contributed by atoms with Crippen LogP contribution in [-0.2, 0) is 6.42 Å². The summed E-state index contributed by atoms with van der Waals surface area (Å²) in [6.45, 7) is 2.79. The van der Waals surface area contributed by atoms with E-state index in [0.717, 1.165) is 6.42 Å². The number of hydrogen-bond donors (Lipinski definition) is 2. The van der Waals surface area contributed by atoms with E-state index in [4.69, 9.17) is 4.52 Å². The molecule has 2 N–H and O–H groups in total. The van der Waals surface area contributed by atoms with Crippen molar-refractivity contribution in [3.63, 3.8) is 0 Å². The molecule has 1 unspecified atom stereocenters. The van der Waals surface area contributed by atoms with Crippen LogP contribution in [0.1, 0.15) is 36.2 Å². The van der Waals surface area contributed by atoms with Gasteiger partial charge in [0.25, 0.3) is 0 Å². The molecule has 1 aromatic heterocycles. The summed E-state index contributed by atoms with van der Waals surface area (Å²) in [5, 5.41) is 24.1. The number of benzene rings is 1. The van der Waals surface area contributed by atoms with Crippen molar-refractivity contribution in [1.29, 1.82) is 0 Å². The van der Waals surface area contributed by atoms with Crippen molar-refractivity contribution in [2.75, 3.05) is 13.1 Å². The number of nitrogens with zero attached hydrogens (tertiary/aromatic N) is 3. The van der Waals surface area contributed by atoms with Crippen molar-refractivity contribution < 1.29 is 14.7 Å². The molecule has 1 fully saturated rings. The van der Waals surface area contributed by atoms with Crippen LogP contribution in [0.4, 0.5) is 0 Å². The maximum atomic E-state index is 10.3. The molecule has 0 radical (unpaired) electrons. The first-order chi connectivity index (χ1) is 11.1. The van der Waals surface area contributed by atoms with E-state index in [1.165, 1.54) is 5.56 Å². The zero-order valence-corrected chi connectivity index (χ0v) is 13.3. The number of aryl methyl sites for hydroxylation is 2. The molecule has 3 atom stereocenters. The number of aromatic nitrogens is 2. The van der Waals surface area contributed by atoms with Crippen LogP contribution < -0.4 is 0 Å². The molecule has 0 spiro atoms. The Balaban J connectivity index is 1.56. The first-order valence-corrected chi connectivity index (χ1v) is 8.06. The lowest BCUT2D eigenvalue weighted by atomic mass is 10.1. The second-order valence-electron chi connectivity index (χ2n) is 6.22. The van der Waals surface area contributed by atoms with Gasteiger partial charge in [-0.1, -0.05) is 35.5 Å². The summed E-state index contributed by atoms with van der Waals surface area (Å²) >= 11 is 0. The number of β-amino-alcohol motifs (C(OH)–C–C–N with tert-alkyl or cyclic N) is 2. The SMILES string of the molecule is Cc1noc([C@H]2C[C@@H](O)CN2CC(O)CCc2ccccc2)n1. The van der Waals surface area contributed by atoms with Crippen molar-refractivity contribution >= 4 is 0 Å². The summed E-state index contributed by atoms with van der Waals surface area (Å²) in [6, 6.07) is 10.0.